The van der Waals surface area contributed by atoms with Gasteiger partial charge in [-0.05, 0) is 54.1 Å². The fraction of sp³-hybridized carbons (Fsp3) is 0.435. The van der Waals surface area contributed by atoms with Crippen LogP contribution in [0.1, 0.15) is 35.4 Å². The lowest BCUT2D eigenvalue weighted by Gasteiger charge is -2.32. The average molecular weight is 441 g/mol. The van der Waals surface area contributed by atoms with Gasteiger partial charge in [0, 0.05) is 39.0 Å². The quantitative estimate of drug-likeness (QED) is 0.532. The van der Waals surface area contributed by atoms with Gasteiger partial charge in [0.05, 0.1) is 6.42 Å². The Hall–Kier alpha value is -2.71. The number of piperidine rings is 1. The highest BCUT2D eigenvalue weighted by Gasteiger charge is 2.24. The summed E-state index contributed by atoms with van der Waals surface area (Å²) in [6, 6.07) is 10.2. The third kappa shape index (κ3) is 5.92. The van der Waals surface area contributed by atoms with Crippen LogP contribution in [0.2, 0.25) is 0 Å². The van der Waals surface area contributed by atoms with Crippen molar-refractivity contribution in [2.24, 2.45) is 0 Å². The topological polar surface area (TPSA) is 71.7 Å². The molecule has 0 unspecified atom stereocenters. The molecule has 1 saturated heterocycles. The van der Waals surface area contributed by atoms with Gasteiger partial charge >= 0.3 is 0 Å². The molecule has 0 atom stereocenters. The van der Waals surface area contributed by atoms with Crippen molar-refractivity contribution in [3.63, 3.8) is 0 Å². The first-order valence-electron chi connectivity index (χ1n) is 10.6. The molecular weight excluding hydrogens is 412 g/mol. The Balaban J connectivity index is 1.25. The summed E-state index contributed by atoms with van der Waals surface area (Å²) >= 11 is 1.63. The monoisotopic (exact) mass is 440 g/mol. The fourth-order valence-electron chi connectivity index (χ4n) is 3.83. The normalized spacial score (nSPS) is 14.9. The van der Waals surface area contributed by atoms with E-state index in [1.807, 2.05) is 47.8 Å². The van der Waals surface area contributed by atoms with Crippen LogP contribution in [0.25, 0.3) is 0 Å². The van der Waals surface area contributed by atoms with Crippen LogP contribution in [0.3, 0.4) is 0 Å². The Morgan fingerprint density at radius 1 is 1.23 bits per heavy atom. The number of likely N-dealkylation sites (tertiary alicyclic amines) is 1. The second-order valence-electron chi connectivity index (χ2n) is 8.12. The van der Waals surface area contributed by atoms with E-state index < -0.39 is 0 Å². The van der Waals surface area contributed by atoms with Crippen molar-refractivity contribution in [3.05, 3.63) is 63.6 Å². The molecule has 1 aliphatic heterocycles. The molecule has 2 aromatic heterocycles. The van der Waals surface area contributed by atoms with Gasteiger partial charge in [-0.3, -0.25) is 9.69 Å². The lowest BCUT2D eigenvalue weighted by Crippen LogP contribution is -2.42. The number of carbonyl (C=O) groups is 1. The molecular formula is C23H28N4O3S. The highest BCUT2D eigenvalue weighted by atomic mass is 32.1. The van der Waals surface area contributed by atoms with Crippen LogP contribution >= 0.6 is 11.3 Å². The molecule has 3 aromatic rings. The predicted octanol–water partition coefficient (Wildman–Crippen LogP) is 3.68. The van der Waals surface area contributed by atoms with E-state index in [9.17, 15) is 4.79 Å². The third-order valence-electron chi connectivity index (χ3n) is 5.55. The number of aromatic nitrogens is 2. The van der Waals surface area contributed by atoms with Crippen molar-refractivity contribution in [2.75, 3.05) is 20.1 Å². The molecule has 7 nitrogen and oxygen atoms in total. The summed E-state index contributed by atoms with van der Waals surface area (Å²) in [5, 5.41) is 11.8. The number of hydrogen-bond donors (Lipinski definition) is 0. The number of thiophene rings is 1. The Morgan fingerprint density at radius 3 is 2.77 bits per heavy atom. The molecule has 8 heteroatoms. The summed E-state index contributed by atoms with van der Waals surface area (Å²) in [6.45, 7) is 4.86. The van der Waals surface area contributed by atoms with Crippen LogP contribution in [0.15, 0.2) is 45.7 Å². The number of carbonyl (C=O) groups excluding carboxylic acids is 1. The van der Waals surface area contributed by atoms with E-state index in [1.165, 1.54) is 5.56 Å². The van der Waals surface area contributed by atoms with E-state index in [0.717, 1.165) is 55.2 Å². The molecule has 1 aromatic carbocycles. The molecule has 1 amide bonds. The van der Waals surface area contributed by atoms with Crippen LogP contribution in [0.4, 0.5) is 0 Å². The largest absolute Gasteiger partial charge is 0.490 e. The number of nitrogens with zero attached hydrogens (tertiary/aromatic N) is 4. The SMILES string of the molecule is Cc1nonc1CN(C)Cc1cccc(OC2CCN(C(=O)Cc3ccsc3)CC2)c1. The zero-order chi connectivity index (χ0) is 21.6. The van der Waals surface area contributed by atoms with E-state index in [2.05, 4.69) is 27.3 Å². The first kappa shape index (κ1) is 21.5. The summed E-state index contributed by atoms with van der Waals surface area (Å²) < 4.78 is 11.0. The van der Waals surface area contributed by atoms with Gasteiger partial charge in [-0.25, -0.2) is 4.63 Å². The second-order valence-corrected chi connectivity index (χ2v) is 8.90. The number of aryl methyl sites for hydroxylation is 1. The van der Waals surface area contributed by atoms with Gasteiger partial charge in [-0.2, -0.15) is 11.3 Å². The Morgan fingerprint density at radius 2 is 2.06 bits per heavy atom. The lowest BCUT2D eigenvalue weighted by molar-refractivity contribution is -0.132. The van der Waals surface area contributed by atoms with Crippen LogP contribution in [-0.4, -0.2) is 52.3 Å². The van der Waals surface area contributed by atoms with Crippen molar-refractivity contribution in [1.82, 2.24) is 20.1 Å². The number of rotatable bonds is 8. The Bertz CT molecular complexity index is 980. The van der Waals surface area contributed by atoms with Gasteiger partial charge in [0.25, 0.3) is 0 Å². The molecule has 3 heterocycles. The lowest BCUT2D eigenvalue weighted by atomic mass is 10.1. The van der Waals surface area contributed by atoms with Crippen molar-refractivity contribution in [3.8, 4) is 5.75 Å². The van der Waals surface area contributed by atoms with E-state index in [4.69, 9.17) is 9.37 Å². The molecule has 31 heavy (non-hydrogen) atoms. The van der Waals surface area contributed by atoms with Crippen LogP contribution in [0, 0.1) is 6.92 Å². The van der Waals surface area contributed by atoms with Crippen LogP contribution < -0.4 is 4.74 Å². The standard InChI is InChI=1S/C23H28N4O3S/c1-17-22(25-30-24-17)15-26(2)14-18-4-3-5-21(12-18)29-20-6-9-27(10-7-20)23(28)13-19-8-11-31-16-19/h3-5,8,11-12,16,20H,6-7,9-10,13-15H2,1-2H3. The maximum atomic E-state index is 12.5. The highest BCUT2D eigenvalue weighted by molar-refractivity contribution is 7.08. The Kier molecular flexibility index (Phi) is 6.99. The third-order valence-corrected chi connectivity index (χ3v) is 6.28. The van der Waals surface area contributed by atoms with Crippen molar-refractivity contribution >= 4 is 17.2 Å². The first-order valence-corrected chi connectivity index (χ1v) is 11.5. The van der Waals surface area contributed by atoms with E-state index >= 15 is 0 Å². The van der Waals surface area contributed by atoms with Gasteiger partial charge in [-0.15, -0.1) is 0 Å². The molecule has 1 fully saturated rings. The summed E-state index contributed by atoms with van der Waals surface area (Å²) in [5.74, 6) is 1.09. The zero-order valence-electron chi connectivity index (χ0n) is 18.0. The van der Waals surface area contributed by atoms with Gasteiger partial charge in [0.15, 0.2) is 0 Å². The molecule has 0 N–H and O–H groups in total. The summed E-state index contributed by atoms with van der Waals surface area (Å²) in [4.78, 5) is 16.6. The minimum absolute atomic E-state index is 0.141. The minimum atomic E-state index is 0.141. The number of benzene rings is 1. The summed E-state index contributed by atoms with van der Waals surface area (Å²) in [6.07, 6.45) is 2.35. The van der Waals surface area contributed by atoms with Crippen LogP contribution in [-0.2, 0) is 24.3 Å². The van der Waals surface area contributed by atoms with Crippen molar-refractivity contribution in [1.29, 1.82) is 0 Å². The summed E-state index contributed by atoms with van der Waals surface area (Å²) in [7, 11) is 2.05. The molecule has 0 aliphatic carbocycles. The van der Waals surface area contributed by atoms with Crippen LogP contribution in [0.5, 0.6) is 5.75 Å². The van der Waals surface area contributed by atoms with Gasteiger partial charge < -0.3 is 9.64 Å². The minimum Gasteiger partial charge on any atom is -0.490 e. The van der Waals surface area contributed by atoms with E-state index in [1.54, 1.807) is 11.3 Å². The van der Waals surface area contributed by atoms with Crippen molar-refractivity contribution in [2.45, 2.75) is 45.4 Å². The van der Waals surface area contributed by atoms with E-state index in [-0.39, 0.29) is 12.0 Å². The smallest absolute Gasteiger partial charge is 0.227 e. The second kappa shape index (κ2) is 10.1. The van der Waals surface area contributed by atoms with Gasteiger partial charge in [-0.1, -0.05) is 22.4 Å². The molecule has 164 valence electrons. The van der Waals surface area contributed by atoms with Crippen molar-refractivity contribution < 1.29 is 14.2 Å². The maximum Gasteiger partial charge on any atom is 0.227 e. The molecule has 0 radical (unpaired) electrons. The average Bonchev–Trinajstić information content (AvgIpc) is 3.41. The molecule has 0 bridgehead atoms. The number of ether oxygens (including phenoxy) is 1. The fourth-order valence-corrected chi connectivity index (χ4v) is 4.50. The number of hydrogen-bond acceptors (Lipinski definition) is 7. The zero-order valence-corrected chi connectivity index (χ0v) is 18.8. The maximum absolute atomic E-state index is 12.5. The summed E-state index contributed by atoms with van der Waals surface area (Å²) in [5.41, 5.74) is 3.96. The van der Waals surface area contributed by atoms with E-state index in [0.29, 0.717) is 13.0 Å². The van der Waals surface area contributed by atoms with Gasteiger partial charge in [0.1, 0.15) is 23.2 Å². The number of amides is 1. The molecule has 0 spiro atoms. The highest BCUT2D eigenvalue weighted by Crippen LogP contribution is 2.22. The Labute approximate surface area is 186 Å². The predicted molar refractivity (Wildman–Crippen MR) is 119 cm³/mol. The first-order chi connectivity index (χ1) is 15.1. The molecule has 4 rings (SSSR count). The van der Waals surface area contributed by atoms with Gasteiger partial charge in [0.2, 0.25) is 5.91 Å². The molecule has 1 aliphatic rings. The molecule has 0 saturated carbocycles.